The van der Waals surface area contributed by atoms with E-state index in [2.05, 4.69) is 20.3 Å². The van der Waals surface area contributed by atoms with Crippen LogP contribution >= 0.6 is 0 Å². The number of rotatable bonds is 4. The number of halogens is 3. The van der Waals surface area contributed by atoms with Gasteiger partial charge in [0, 0.05) is 36.3 Å². The molecule has 146 valence electrons. The number of aromatic nitrogens is 3. The van der Waals surface area contributed by atoms with Crippen LogP contribution < -0.4 is 5.32 Å². The standard InChI is InChI=1S/C17H13F3N4O3S/c1-28(26,27)13-5-4-11(25)7-12(13)22-15-8-14(17(18,19)20)23-16(24-15)10-3-2-6-21-9-10/h2-9,25H,1H3,(H,22,23,24). The number of phenolic OH excluding ortho intramolecular Hbond substituents is 1. The van der Waals surface area contributed by atoms with Crippen LogP contribution in [0.15, 0.2) is 53.7 Å². The first kappa shape index (κ1) is 19.5. The Morgan fingerprint density at radius 1 is 1.11 bits per heavy atom. The summed E-state index contributed by atoms with van der Waals surface area (Å²) in [5.74, 6) is -0.810. The molecule has 0 saturated carbocycles. The lowest BCUT2D eigenvalue weighted by Gasteiger charge is -2.14. The Morgan fingerprint density at radius 2 is 1.86 bits per heavy atom. The molecule has 0 spiro atoms. The second-order valence-electron chi connectivity index (χ2n) is 5.78. The van der Waals surface area contributed by atoms with E-state index >= 15 is 0 Å². The number of sulfone groups is 1. The van der Waals surface area contributed by atoms with Crippen molar-refractivity contribution in [2.24, 2.45) is 0 Å². The van der Waals surface area contributed by atoms with Crippen molar-refractivity contribution in [3.05, 3.63) is 54.5 Å². The molecule has 2 aromatic heterocycles. The van der Waals surface area contributed by atoms with Gasteiger partial charge in [-0.3, -0.25) is 4.98 Å². The van der Waals surface area contributed by atoms with Gasteiger partial charge in [-0.15, -0.1) is 0 Å². The maximum atomic E-state index is 13.3. The minimum absolute atomic E-state index is 0.119. The van der Waals surface area contributed by atoms with Gasteiger partial charge in [0.05, 0.1) is 10.6 Å². The summed E-state index contributed by atoms with van der Waals surface area (Å²) in [6.45, 7) is 0. The predicted molar refractivity (Wildman–Crippen MR) is 94.8 cm³/mol. The van der Waals surface area contributed by atoms with Crippen molar-refractivity contribution < 1.29 is 26.7 Å². The van der Waals surface area contributed by atoms with E-state index in [1.165, 1.54) is 24.5 Å². The molecule has 1 aromatic carbocycles. The maximum absolute atomic E-state index is 13.3. The van der Waals surface area contributed by atoms with E-state index in [0.717, 1.165) is 24.5 Å². The van der Waals surface area contributed by atoms with Crippen LogP contribution in [0.25, 0.3) is 11.4 Å². The Hall–Kier alpha value is -3.21. The molecular formula is C17H13F3N4O3S. The monoisotopic (exact) mass is 410 g/mol. The highest BCUT2D eigenvalue weighted by atomic mass is 32.2. The minimum Gasteiger partial charge on any atom is -0.508 e. The number of benzene rings is 1. The van der Waals surface area contributed by atoms with Gasteiger partial charge in [0.1, 0.15) is 11.6 Å². The largest absolute Gasteiger partial charge is 0.508 e. The van der Waals surface area contributed by atoms with E-state index < -0.39 is 21.7 Å². The van der Waals surface area contributed by atoms with Gasteiger partial charge in [-0.2, -0.15) is 13.2 Å². The third-order valence-electron chi connectivity index (χ3n) is 3.56. The highest BCUT2D eigenvalue weighted by Gasteiger charge is 2.34. The van der Waals surface area contributed by atoms with Crippen molar-refractivity contribution in [3.8, 4) is 17.1 Å². The van der Waals surface area contributed by atoms with Gasteiger partial charge < -0.3 is 10.4 Å². The van der Waals surface area contributed by atoms with Crippen LogP contribution in [0.3, 0.4) is 0 Å². The number of aromatic hydroxyl groups is 1. The molecule has 3 rings (SSSR count). The number of hydrogen-bond donors (Lipinski definition) is 2. The first-order chi connectivity index (χ1) is 13.0. The van der Waals surface area contributed by atoms with E-state index in [4.69, 9.17) is 0 Å². The van der Waals surface area contributed by atoms with Crippen molar-refractivity contribution in [2.75, 3.05) is 11.6 Å². The predicted octanol–water partition coefficient (Wildman–Crippen LogP) is 3.41. The van der Waals surface area contributed by atoms with Crippen LogP contribution in [-0.2, 0) is 16.0 Å². The Balaban J connectivity index is 2.14. The Labute approximate surface area is 157 Å². The molecule has 2 N–H and O–H groups in total. The summed E-state index contributed by atoms with van der Waals surface area (Å²) in [5.41, 5.74) is -1.09. The van der Waals surface area contributed by atoms with Crippen LogP contribution in [0, 0.1) is 0 Å². The molecule has 0 amide bonds. The fourth-order valence-electron chi connectivity index (χ4n) is 2.36. The molecule has 0 radical (unpaired) electrons. The molecule has 0 aliphatic heterocycles. The van der Waals surface area contributed by atoms with Gasteiger partial charge in [-0.05, 0) is 24.3 Å². The van der Waals surface area contributed by atoms with Crippen LogP contribution in [-0.4, -0.2) is 34.7 Å². The lowest BCUT2D eigenvalue weighted by atomic mass is 10.2. The van der Waals surface area contributed by atoms with E-state index in [-0.39, 0.29) is 33.5 Å². The van der Waals surface area contributed by atoms with E-state index in [0.29, 0.717) is 6.07 Å². The smallest absolute Gasteiger partial charge is 0.433 e. The summed E-state index contributed by atoms with van der Waals surface area (Å²) < 4.78 is 63.7. The van der Waals surface area contributed by atoms with Crippen molar-refractivity contribution in [2.45, 2.75) is 11.1 Å². The van der Waals surface area contributed by atoms with E-state index in [1.54, 1.807) is 0 Å². The fraction of sp³-hybridized carbons (Fsp3) is 0.118. The highest BCUT2D eigenvalue weighted by Crippen LogP contribution is 2.33. The van der Waals surface area contributed by atoms with E-state index in [1.807, 2.05) is 0 Å². The molecule has 2 heterocycles. The second-order valence-corrected chi connectivity index (χ2v) is 7.76. The maximum Gasteiger partial charge on any atom is 0.433 e. The van der Waals surface area contributed by atoms with Gasteiger partial charge in [-0.25, -0.2) is 18.4 Å². The highest BCUT2D eigenvalue weighted by molar-refractivity contribution is 7.90. The second kappa shape index (κ2) is 7.08. The Morgan fingerprint density at radius 3 is 2.46 bits per heavy atom. The Kier molecular flexibility index (Phi) is 4.94. The molecular weight excluding hydrogens is 397 g/mol. The molecule has 0 atom stereocenters. The number of nitrogens with one attached hydrogen (secondary N) is 1. The van der Waals surface area contributed by atoms with E-state index in [9.17, 15) is 26.7 Å². The quantitative estimate of drug-likeness (QED) is 0.679. The van der Waals surface area contributed by atoms with Gasteiger partial charge in [0.2, 0.25) is 0 Å². The van der Waals surface area contributed by atoms with Crippen LogP contribution in [0.2, 0.25) is 0 Å². The SMILES string of the molecule is CS(=O)(=O)c1ccc(O)cc1Nc1cc(C(F)(F)F)nc(-c2cccnc2)n1. The van der Waals surface area contributed by atoms with Gasteiger partial charge in [-0.1, -0.05) is 0 Å². The molecule has 11 heteroatoms. The van der Waals surface area contributed by atoms with Gasteiger partial charge in [0.25, 0.3) is 0 Å². The third-order valence-corrected chi connectivity index (χ3v) is 4.72. The first-order valence-corrected chi connectivity index (χ1v) is 9.60. The van der Waals surface area contributed by atoms with Crippen LogP contribution in [0.1, 0.15) is 5.69 Å². The zero-order valence-corrected chi connectivity index (χ0v) is 15.1. The first-order valence-electron chi connectivity index (χ1n) is 7.71. The van der Waals surface area contributed by atoms with Gasteiger partial charge in [0.15, 0.2) is 21.4 Å². The lowest BCUT2D eigenvalue weighted by Crippen LogP contribution is -2.11. The summed E-state index contributed by atoms with van der Waals surface area (Å²) in [6.07, 6.45) is -1.07. The van der Waals surface area contributed by atoms with Crippen molar-refractivity contribution in [1.82, 2.24) is 15.0 Å². The number of anilines is 2. The molecule has 0 aliphatic rings. The van der Waals surface area contributed by atoms with Crippen molar-refractivity contribution in [1.29, 1.82) is 0 Å². The molecule has 0 unspecified atom stereocenters. The Bertz CT molecular complexity index is 1120. The number of pyridine rings is 1. The topological polar surface area (TPSA) is 105 Å². The van der Waals surface area contributed by atoms with Gasteiger partial charge >= 0.3 is 6.18 Å². The number of nitrogens with zero attached hydrogens (tertiary/aromatic N) is 3. The normalized spacial score (nSPS) is 12.0. The number of alkyl halides is 3. The molecule has 0 aliphatic carbocycles. The third kappa shape index (κ3) is 4.36. The zero-order valence-electron chi connectivity index (χ0n) is 14.3. The van der Waals surface area contributed by atoms with Crippen LogP contribution in [0.5, 0.6) is 5.75 Å². The van der Waals surface area contributed by atoms with Crippen molar-refractivity contribution in [3.63, 3.8) is 0 Å². The minimum atomic E-state index is -4.76. The summed E-state index contributed by atoms with van der Waals surface area (Å²) in [4.78, 5) is 11.2. The fourth-order valence-corrected chi connectivity index (χ4v) is 3.18. The molecule has 28 heavy (non-hydrogen) atoms. The number of hydrogen-bond acceptors (Lipinski definition) is 7. The summed E-state index contributed by atoms with van der Waals surface area (Å²) in [5, 5.41) is 12.2. The average molecular weight is 410 g/mol. The lowest BCUT2D eigenvalue weighted by molar-refractivity contribution is -0.141. The average Bonchev–Trinajstić information content (AvgIpc) is 2.60. The molecule has 0 fully saturated rings. The molecule has 0 bridgehead atoms. The summed E-state index contributed by atoms with van der Waals surface area (Å²) in [6, 6.07) is 7.03. The molecule has 0 saturated heterocycles. The summed E-state index contributed by atoms with van der Waals surface area (Å²) >= 11 is 0. The zero-order chi connectivity index (χ0) is 20.5. The van der Waals surface area contributed by atoms with Crippen LogP contribution in [0.4, 0.5) is 24.7 Å². The number of phenols is 1. The molecule has 7 nitrogen and oxygen atoms in total. The molecule has 3 aromatic rings. The van der Waals surface area contributed by atoms with Crippen molar-refractivity contribution >= 4 is 21.3 Å². The summed E-state index contributed by atoms with van der Waals surface area (Å²) in [7, 11) is -3.72.